The van der Waals surface area contributed by atoms with Crippen molar-refractivity contribution in [3.63, 3.8) is 0 Å². The first-order chi connectivity index (χ1) is 13.8. The third-order valence-corrected chi connectivity index (χ3v) is 5.86. The van der Waals surface area contributed by atoms with Gasteiger partial charge in [0, 0.05) is 12.7 Å². The third kappa shape index (κ3) is 5.65. The molecule has 1 aromatic heterocycles. The van der Waals surface area contributed by atoms with E-state index in [1.807, 2.05) is 49.7 Å². The van der Waals surface area contributed by atoms with Crippen LogP contribution in [0.15, 0.2) is 47.6 Å². The molecule has 29 heavy (non-hydrogen) atoms. The zero-order valence-electron chi connectivity index (χ0n) is 16.1. The molecule has 1 atom stereocenters. The van der Waals surface area contributed by atoms with Gasteiger partial charge in [-0.05, 0) is 44.2 Å². The second-order valence-corrected chi connectivity index (χ2v) is 8.20. The maximum absolute atomic E-state index is 12.2. The summed E-state index contributed by atoms with van der Waals surface area (Å²) in [4.78, 5) is 12.2. The van der Waals surface area contributed by atoms with Gasteiger partial charge in [0.2, 0.25) is 5.91 Å². The van der Waals surface area contributed by atoms with Gasteiger partial charge in [0.15, 0.2) is 17.1 Å². The van der Waals surface area contributed by atoms with Crippen molar-refractivity contribution in [2.75, 3.05) is 11.1 Å². The number of rotatable bonds is 7. The Bertz CT molecular complexity index is 1010. The molecule has 0 aliphatic carbocycles. The van der Waals surface area contributed by atoms with E-state index < -0.39 is 0 Å². The Kier molecular flexibility index (Phi) is 7.05. The van der Waals surface area contributed by atoms with Crippen LogP contribution in [-0.2, 0) is 11.8 Å². The van der Waals surface area contributed by atoms with Gasteiger partial charge in [0.25, 0.3) is 0 Å². The molecule has 0 radical (unpaired) electrons. The van der Waals surface area contributed by atoms with Gasteiger partial charge >= 0.3 is 0 Å². The lowest BCUT2D eigenvalue weighted by molar-refractivity contribution is -0.113. The lowest BCUT2D eigenvalue weighted by atomic mass is 10.2. The molecule has 3 rings (SSSR count). The average molecular weight is 451 g/mol. The number of carbonyl (C=O) groups is 1. The minimum Gasteiger partial charge on any atom is -0.483 e. The number of aryl methyl sites for hydroxylation is 1. The second kappa shape index (κ2) is 9.52. The van der Waals surface area contributed by atoms with Crippen LogP contribution in [0.2, 0.25) is 10.0 Å². The Hall–Kier alpha value is -2.22. The van der Waals surface area contributed by atoms with Gasteiger partial charge in [-0.1, -0.05) is 52.7 Å². The highest BCUT2D eigenvalue weighted by atomic mass is 35.5. The number of nitrogens with zero attached hydrogens (tertiary/aromatic N) is 3. The number of halogens is 2. The molecule has 0 aliphatic heterocycles. The molecule has 2 aromatic carbocycles. The molecule has 152 valence electrons. The number of hydrogen-bond acceptors (Lipinski definition) is 5. The van der Waals surface area contributed by atoms with Crippen molar-refractivity contribution < 1.29 is 9.53 Å². The summed E-state index contributed by atoms with van der Waals surface area (Å²) < 4.78 is 7.77. The van der Waals surface area contributed by atoms with E-state index in [0.717, 1.165) is 5.75 Å². The number of amides is 1. The van der Waals surface area contributed by atoms with Gasteiger partial charge in [-0.2, -0.15) is 0 Å². The summed E-state index contributed by atoms with van der Waals surface area (Å²) in [5, 5.41) is 12.6. The molecule has 0 aliphatic rings. The molecule has 1 amide bonds. The van der Waals surface area contributed by atoms with Crippen LogP contribution in [0.25, 0.3) is 0 Å². The first kappa shape index (κ1) is 21.5. The molecule has 0 saturated carbocycles. The van der Waals surface area contributed by atoms with Crippen LogP contribution < -0.4 is 10.1 Å². The Labute approximate surface area is 183 Å². The predicted molar refractivity (Wildman–Crippen MR) is 117 cm³/mol. The fraction of sp³-hybridized carbons (Fsp3) is 0.250. The van der Waals surface area contributed by atoms with Crippen LogP contribution >= 0.6 is 35.0 Å². The number of carbonyl (C=O) groups excluding carboxylic acids is 1. The standard InChI is InChI=1S/C20H20Cl2N4O2S/c1-12-4-7-15(8-5-12)28-13(2)19-24-25-20(26(19)3)29-11-18(27)23-14-6-9-16(21)17(22)10-14/h4-10,13H,11H2,1-3H3,(H,23,27). The lowest BCUT2D eigenvalue weighted by Gasteiger charge is -2.14. The van der Waals surface area contributed by atoms with E-state index in [2.05, 4.69) is 15.5 Å². The fourth-order valence-electron chi connectivity index (χ4n) is 2.58. The van der Waals surface area contributed by atoms with Crippen LogP contribution in [0.1, 0.15) is 24.4 Å². The van der Waals surface area contributed by atoms with Crippen LogP contribution in [0, 0.1) is 6.92 Å². The number of thioether (sulfide) groups is 1. The number of aromatic nitrogens is 3. The largest absolute Gasteiger partial charge is 0.483 e. The highest BCUT2D eigenvalue weighted by Crippen LogP contribution is 2.26. The highest BCUT2D eigenvalue weighted by molar-refractivity contribution is 7.99. The highest BCUT2D eigenvalue weighted by Gasteiger charge is 2.18. The molecule has 1 heterocycles. The quantitative estimate of drug-likeness (QED) is 0.494. The van der Waals surface area contributed by atoms with Crippen LogP contribution in [0.4, 0.5) is 5.69 Å². The van der Waals surface area contributed by atoms with Crippen molar-refractivity contribution in [3.8, 4) is 5.75 Å². The van der Waals surface area contributed by atoms with E-state index in [1.54, 1.807) is 18.2 Å². The second-order valence-electron chi connectivity index (χ2n) is 6.44. The third-order valence-electron chi connectivity index (χ3n) is 4.10. The number of nitrogens with one attached hydrogen (secondary N) is 1. The molecule has 1 N–H and O–H groups in total. The first-order valence-electron chi connectivity index (χ1n) is 8.84. The Morgan fingerprint density at radius 1 is 1.17 bits per heavy atom. The maximum atomic E-state index is 12.2. The van der Waals surface area contributed by atoms with Gasteiger partial charge in [-0.25, -0.2) is 0 Å². The molecule has 0 fully saturated rings. The molecule has 9 heteroatoms. The summed E-state index contributed by atoms with van der Waals surface area (Å²) in [5.41, 5.74) is 1.75. The molecule has 3 aromatic rings. The molecular formula is C20H20Cl2N4O2S. The smallest absolute Gasteiger partial charge is 0.234 e. The van der Waals surface area contributed by atoms with E-state index in [1.165, 1.54) is 17.3 Å². The molecule has 0 spiro atoms. The van der Waals surface area contributed by atoms with Crippen LogP contribution in [0.3, 0.4) is 0 Å². The van der Waals surface area contributed by atoms with Crippen molar-refractivity contribution in [3.05, 3.63) is 63.9 Å². The minimum absolute atomic E-state index is 0.179. The summed E-state index contributed by atoms with van der Waals surface area (Å²) in [6, 6.07) is 12.8. The van der Waals surface area contributed by atoms with Gasteiger partial charge in [0.05, 0.1) is 15.8 Å². The number of anilines is 1. The summed E-state index contributed by atoms with van der Waals surface area (Å²) >= 11 is 13.1. The van der Waals surface area contributed by atoms with E-state index in [4.69, 9.17) is 27.9 Å². The summed E-state index contributed by atoms with van der Waals surface area (Å²) in [5.74, 6) is 1.44. The summed E-state index contributed by atoms with van der Waals surface area (Å²) in [6.07, 6.45) is -0.283. The number of ether oxygens (including phenoxy) is 1. The summed E-state index contributed by atoms with van der Waals surface area (Å²) in [6.45, 7) is 3.94. The summed E-state index contributed by atoms with van der Waals surface area (Å²) in [7, 11) is 1.85. The van der Waals surface area contributed by atoms with Gasteiger partial charge in [-0.3, -0.25) is 4.79 Å². The van der Waals surface area contributed by atoms with Gasteiger partial charge in [-0.15, -0.1) is 10.2 Å². The molecule has 6 nitrogen and oxygen atoms in total. The van der Waals surface area contributed by atoms with Gasteiger partial charge in [0.1, 0.15) is 5.75 Å². The topological polar surface area (TPSA) is 69.0 Å². The molecule has 1 unspecified atom stereocenters. The Morgan fingerprint density at radius 3 is 2.59 bits per heavy atom. The van der Waals surface area contributed by atoms with Crippen molar-refractivity contribution >= 4 is 46.6 Å². The van der Waals surface area contributed by atoms with Crippen LogP contribution in [-0.4, -0.2) is 26.4 Å². The van der Waals surface area contributed by atoms with E-state index in [9.17, 15) is 4.79 Å². The van der Waals surface area contributed by atoms with E-state index >= 15 is 0 Å². The molecular weight excluding hydrogens is 431 g/mol. The van der Waals surface area contributed by atoms with Crippen molar-refractivity contribution in [1.82, 2.24) is 14.8 Å². The zero-order valence-corrected chi connectivity index (χ0v) is 18.5. The lowest BCUT2D eigenvalue weighted by Crippen LogP contribution is -2.15. The van der Waals surface area contributed by atoms with E-state index in [0.29, 0.717) is 26.7 Å². The van der Waals surface area contributed by atoms with Crippen molar-refractivity contribution in [1.29, 1.82) is 0 Å². The Morgan fingerprint density at radius 2 is 1.90 bits per heavy atom. The van der Waals surface area contributed by atoms with Gasteiger partial charge < -0.3 is 14.6 Å². The first-order valence-corrected chi connectivity index (χ1v) is 10.6. The van der Waals surface area contributed by atoms with E-state index in [-0.39, 0.29) is 17.8 Å². The van der Waals surface area contributed by atoms with Crippen molar-refractivity contribution in [2.45, 2.75) is 25.1 Å². The normalized spacial score (nSPS) is 11.9. The maximum Gasteiger partial charge on any atom is 0.234 e. The Balaban J connectivity index is 1.57. The number of benzene rings is 2. The SMILES string of the molecule is Cc1ccc(OC(C)c2nnc(SCC(=O)Nc3ccc(Cl)c(Cl)c3)n2C)cc1. The monoisotopic (exact) mass is 450 g/mol. The predicted octanol–water partition coefficient (Wildman–Crippen LogP) is 5.30. The fourth-order valence-corrected chi connectivity index (χ4v) is 3.60. The molecule has 0 bridgehead atoms. The number of hydrogen-bond donors (Lipinski definition) is 1. The minimum atomic E-state index is -0.283. The van der Waals surface area contributed by atoms with Crippen LogP contribution in [0.5, 0.6) is 5.75 Å². The zero-order chi connectivity index (χ0) is 21.0. The van der Waals surface area contributed by atoms with Crippen molar-refractivity contribution in [2.24, 2.45) is 7.05 Å². The average Bonchev–Trinajstić information content (AvgIpc) is 3.05. The molecule has 0 saturated heterocycles.